The fraction of sp³-hybridized carbons (Fsp3) is 0.375. The molecule has 2 N–H and O–H groups in total. The van der Waals surface area contributed by atoms with Gasteiger partial charge in [0, 0.05) is 24.9 Å². The van der Waals surface area contributed by atoms with Gasteiger partial charge >= 0.3 is 12.1 Å². The van der Waals surface area contributed by atoms with E-state index >= 15 is 0 Å². The van der Waals surface area contributed by atoms with Gasteiger partial charge in [0.1, 0.15) is 13.2 Å². The Hall–Kier alpha value is -3.35. The molecular weight excluding hydrogens is 396 g/mol. The molecular formula is C24H28N2O5. The first kappa shape index (κ1) is 22.3. The number of fused-ring (bicyclic) bond motifs is 3. The van der Waals surface area contributed by atoms with Crippen LogP contribution in [-0.2, 0) is 14.3 Å². The van der Waals surface area contributed by atoms with E-state index in [4.69, 9.17) is 9.84 Å². The number of carboxylic acids is 1. The van der Waals surface area contributed by atoms with E-state index in [9.17, 15) is 14.4 Å². The Morgan fingerprint density at radius 1 is 1.03 bits per heavy atom. The minimum Gasteiger partial charge on any atom is -0.481 e. The number of hydrogen-bond donors (Lipinski definition) is 2. The minimum atomic E-state index is -0.895. The van der Waals surface area contributed by atoms with Crippen LogP contribution in [0.15, 0.2) is 48.5 Å². The lowest BCUT2D eigenvalue weighted by molar-refractivity contribution is -0.138. The second-order valence-electron chi connectivity index (χ2n) is 7.86. The molecule has 2 amide bonds. The molecule has 0 fully saturated rings. The predicted molar refractivity (Wildman–Crippen MR) is 117 cm³/mol. The molecule has 7 heteroatoms. The van der Waals surface area contributed by atoms with Gasteiger partial charge in [-0.3, -0.25) is 9.59 Å². The smallest absolute Gasteiger partial charge is 0.407 e. The highest BCUT2D eigenvalue weighted by molar-refractivity contribution is 5.83. The maximum absolute atomic E-state index is 12.5. The number of rotatable bonds is 9. The average Bonchev–Trinajstić information content (AvgIpc) is 3.07. The molecule has 7 nitrogen and oxygen atoms in total. The van der Waals surface area contributed by atoms with E-state index in [-0.39, 0.29) is 37.4 Å². The highest BCUT2D eigenvalue weighted by atomic mass is 16.5. The monoisotopic (exact) mass is 424 g/mol. The molecule has 2 aromatic rings. The molecule has 1 aliphatic rings. The molecule has 0 spiro atoms. The number of hydrogen-bond acceptors (Lipinski definition) is 4. The van der Waals surface area contributed by atoms with Crippen LogP contribution >= 0.6 is 0 Å². The number of carbonyl (C=O) groups excluding carboxylic acids is 2. The average molecular weight is 424 g/mol. The minimum absolute atomic E-state index is 0.00366. The number of benzene rings is 2. The highest BCUT2D eigenvalue weighted by Gasteiger charge is 2.29. The standard InChI is InChI=1S/C24H28N2O5/c1-16(2)26(13-7-12-23(28)29)22(27)14-25-24(30)31-15-21-19-10-5-3-8-17(19)18-9-4-6-11-20(18)21/h3-6,8-11,16,21H,7,12-15H2,1-2H3,(H,25,30)(H,28,29). The van der Waals surface area contributed by atoms with E-state index in [1.807, 2.05) is 50.2 Å². The molecule has 0 heterocycles. The van der Waals surface area contributed by atoms with Gasteiger partial charge in [-0.15, -0.1) is 0 Å². The van der Waals surface area contributed by atoms with Crippen LogP contribution in [-0.4, -0.2) is 53.7 Å². The SMILES string of the molecule is CC(C)N(CCCC(=O)O)C(=O)CNC(=O)OCC1c2ccccc2-c2ccccc21. The number of carbonyl (C=O) groups is 3. The van der Waals surface area contributed by atoms with Crippen LogP contribution in [0.1, 0.15) is 43.7 Å². The van der Waals surface area contributed by atoms with Gasteiger partial charge in [-0.1, -0.05) is 48.5 Å². The van der Waals surface area contributed by atoms with Crippen molar-refractivity contribution in [3.8, 4) is 11.1 Å². The van der Waals surface area contributed by atoms with Crippen LogP contribution in [0.3, 0.4) is 0 Å². The van der Waals surface area contributed by atoms with Crippen LogP contribution in [0, 0.1) is 0 Å². The van der Waals surface area contributed by atoms with Crippen molar-refractivity contribution in [1.82, 2.24) is 10.2 Å². The van der Waals surface area contributed by atoms with Crippen molar-refractivity contribution < 1.29 is 24.2 Å². The second-order valence-corrected chi connectivity index (χ2v) is 7.86. The Kier molecular flexibility index (Phi) is 7.28. The zero-order valence-corrected chi connectivity index (χ0v) is 17.8. The Morgan fingerprint density at radius 2 is 1.61 bits per heavy atom. The first-order valence-corrected chi connectivity index (χ1v) is 10.5. The molecule has 2 aromatic carbocycles. The van der Waals surface area contributed by atoms with E-state index in [1.165, 1.54) is 0 Å². The molecule has 0 atom stereocenters. The molecule has 0 saturated heterocycles. The largest absolute Gasteiger partial charge is 0.481 e. The van der Waals surface area contributed by atoms with Gasteiger partial charge < -0.3 is 20.1 Å². The maximum Gasteiger partial charge on any atom is 0.407 e. The number of aliphatic carboxylic acids is 1. The van der Waals surface area contributed by atoms with Crippen molar-refractivity contribution >= 4 is 18.0 Å². The van der Waals surface area contributed by atoms with Crippen molar-refractivity contribution in [2.45, 2.75) is 38.6 Å². The number of alkyl carbamates (subject to hydrolysis) is 1. The summed E-state index contributed by atoms with van der Waals surface area (Å²) in [5.41, 5.74) is 4.54. The van der Waals surface area contributed by atoms with Crippen molar-refractivity contribution in [3.05, 3.63) is 59.7 Å². The molecule has 0 aromatic heterocycles. The van der Waals surface area contributed by atoms with Gasteiger partial charge in [0.15, 0.2) is 0 Å². The Balaban J connectivity index is 1.53. The third-order valence-electron chi connectivity index (χ3n) is 5.46. The first-order valence-electron chi connectivity index (χ1n) is 10.5. The molecule has 0 saturated carbocycles. The zero-order chi connectivity index (χ0) is 22.4. The summed E-state index contributed by atoms with van der Waals surface area (Å²) in [7, 11) is 0. The van der Waals surface area contributed by atoms with E-state index in [1.54, 1.807) is 4.90 Å². The van der Waals surface area contributed by atoms with Crippen molar-refractivity contribution in [2.75, 3.05) is 19.7 Å². The molecule has 0 aliphatic heterocycles. The van der Waals surface area contributed by atoms with Crippen LogP contribution < -0.4 is 5.32 Å². The van der Waals surface area contributed by atoms with Gasteiger partial charge in [-0.25, -0.2) is 4.79 Å². The molecule has 1 aliphatic carbocycles. The highest BCUT2D eigenvalue weighted by Crippen LogP contribution is 2.44. The quantitative estimate of drug-likeness (QED) is 0.641. The number of nitrogens with one attached hydrogen (secondary N) is 1. The number of ether oxygens (including phenoxy) is 1. The summed E-state index contributed by atoms with van der Waals surface area (Å²) in [5, 5.41) is 11.3. The van der Waals surface area contributed by atoms with Crippen LogP contribution in [0.5, 0.6) is 0 Å². The lowest BCUT2D eigenvalue weighted by atomic mass is 9.98. The summed E-state index contributed by atoms with van der Waals surface area (Å²) in [6.45, 7) is 4.02. The zero-order valence-electron chi connectivity index (χ0n) is 17.8. The lowest BCUT2D eigenvalue weighted by Gasteiger charge is -2.26. The van der Waals surface area contributed by atoms with E-state index in [2.05, 4.69) is 17.4 Å². The summed E-state index contributed by atoms with van der Waals surface area (Å²) >= 11 is 0. The summed E-state index contributed by atoms with van der Waals surface area (Å²) < 4.78 is 5.44. The third kappa shape index (κ3) is 5.42. The molecule has 3 rings (SSSR count). The molecule has 31 heavy (non-hydrogen) atoms. The Morgan fingerprint density at radius 3 is 2.16 bits per heavy atom. The second kappa shape index (κ2) is 10.1. The Labute approximate surface area is 182 Å². The first-order chi connectivity index (χ1) is 14.9. The van der Waals surface area contributed by atoms with Gasteiger partial charge in [0.05, 0.1) is 0 Å². The van der Waals surface area contributed by atoms with Gasteiger partial charge in [0.25, 0.3) is 0 Å². The third-order valence-corrected chi connectivity index (χ3v) is 5.46. The van der Waals surface area contributed by atoms with E-state index in [0.717, 1.165) is 22.3 Å². The summed E-state index contributed by atoms with van der Waals surface area (Å²) in [4.78, 5) is 37.0. The van der Waals surface area contributed by atoms with E-state index < -0.39 is 12.1 Å². The van der Waals surface area contributed by atoms with Crippen molar-refractivity contribution in [1.29, 1.82) is 0 Å². The normalized spacial score (nSPS) is 12.2. The number of nitrogens with zero attached hydrogens (tertiary/aromatic N) is 1. The van der Waals surface area contributed by atoms with Crippen molar-refractivity contribution in [2.24, 2.45) is 0 Å². The van der Waals surface area contributed by atoms with Crippen molar-refractivity contribution in [3.63, 3.8) is 0 Å². The van der Waals surface area contributed by atoms with Crippen LogP contribution in [0.4, 0.5) is 4.79 Å². The summed E-state index contributed by atoms with van der Waals surface area (Å²) in [6, 6.07) is 16.1. The summed E-state index contributed by atoms with van der Waals surface area (Å²) in [6.07, 6.45) is -0.287. The Bertz CT molecular complexity index is 911. The van der Waals surface area contributed by atoms with E-state index in [0.29, 0.717) is 13.0 Å². The maximum atomic E-state index is 12.5. The summed E-state index contributed by atoms with van der Waals surface area (Å²) in [5.74, 6) is -1.21. The topological polar surface area (TPSA) is 95.9 Å². The number of carboxylic acid groups (broad SMARTS) is 1. The van der Waals surface area contributed by atoms with Crippen LogP contribution in [0.2, 0.25) is 0 Å². The fourth-order valence-corrected chi connectivity index (χ4v) is 3.97. The predicted octanol–water partition coefficient (Wildman–Crippen LogP) is 3.63. The van der Waals surface area contributed by atoms with Gasteiger partial charge in [0.2, 0.25) is 5.91 Å². The van der Waals surface area contributed by atoms with Gasteiger partial charge in [-0.05, 0) is 42.5 Å². The lowest BCUT2D eigenvalue weighted by Crippen LogP contribution is -2.44. The fourth-order valence-electron chi connectivity index (χ4n) is 3.97. The number of amides is 2. The molecule has 0 radical (unpaired) electrons. The molecule has 0 bridgehead atoms. The van der Waals surface area contributed by atoms with Gasteiger partial charge in [-0.2, -0.15) is 0 Å². The molecule has 0 unspecified atom stereocenters. The molecule has 164 valence electrons. The van der Waals surface area contributed by atoms with Crippen LogP contribution in [0.25, 0.3) is 11.1 Å².